The Balaban J connectivity index is 1.79. The molecule has 0 saturated heterocycles. The first-order chi connectivity index (χ1) is 14.2. The van der Waals surface area contributed by atoms with E-state index in [-0.39, 0.29) is 31.3 Å². The van der Waals surface area contributed by atoms with E-state index < -0.39 is 16.1 Å². The Hall–Kier alpha value is -2.45. The van der Waals surface area contributed by atoms with Crippen molar-refractivity contribution in [2.24, 2.45) is 0 Å². The molecular formula is C20H16Cl3N3O3S. The van der Waals surface area contributed by atoms with Gasteiger partial charge < -0.3 is 10.6 Å². The highest BCUT2D eigenvalue weighted by molar-refractivity contribution is 7.92. The zero-order valence-electron chi connectivity index (χ0n) is 15.5. The average Bonchev–Trinajstić information content (AvgIpc) is 2.67. The molecule has 0 aromatic heterocycles. The van der Waals surface area contributed by atoms with E-state index in [1.807, 2.05) is 0 Å². The molecule has 6 nitrogen and oxygen atoms in total. The fourth-order valence-electron chi connectivity index (χ4n) is 2.58. The Labute approximate surface area is 189 Å². The van der Waals surface area contributed by atoms with Gasteiger partial charge in [0.25, 0.3) is 10.0 Å². The topological polar surface area (TPSA) is 87.3 Å². The van der Waals surface area contributed by atoms with Gasteiger partial charge >= 0.3 is 6.03 Å². The molecule has 0 saturated carbocycles. The lowest BCUT2D eigenvalue weighted by Gasteiger charge is -2.14. The van der Waals surface area contributed by atoms with Crippen LogP contribution < -0.4 is 15.4 Å². The van der Waals surface area contributed by atoms with Crippen LogP contribution in [0, 0.1) is 6.92 Å². The van der Waals surface area contributed by atoms with Crippen LogP contribution in [0.2, 0.25) is 15.1 Å². The van der Waals surface area contributed by atoms with Crippen LogP contribution in [0.25, 0.3) is 0 Å². The quantitative estimate of drug-likeness (QED) is 0.366. The van der Waals surface area contributed by atoms with Gasteiger partial charge in [-0.3, -0.25) is 4.72 Å². The SMILES string of the molecule is Cc1cccc(S(=O)(=O)Nc2ccccc2NC(=O)Nc2cc(Cl)c(Cl)c(Cl)c2)c1. The van der Waals surface area contributed by atoms with Crippen LogP contribution in [-0.4, -0.2) is 14.4 Å². The molecule has 0 radical (unpaired) electrons. The monoisotopic (exact) mass is 483 g/mol. The number of halogens is 3. The number of hydrogen-bond acceptors (Lipinski definition) is 3. The van der Waals surface area contributed by atoms with Crippen LogP contribution in [-0.2, 0) is 10.0 Å². The van der Waals surface area contributed by atoms with Crippen LogP contribution in [0.3, 0.4) is 0 Å². The second-order valence-corrected chi connectivity index (χ2v) is 9.18. The van der Waals surface area contributed by atoms with Crippen molar-refractivity contribution in [1.29, 1.82) is 0 Å². The van der Waals surface area contributed by atoms with Gasteiger partial charge in [-0.1, -0.05) is 59.1 Å². The van der Waals surface area contributed by atoms with Crippen molar-refractivity contribution in [3.05, 3.63) is 81.3 Å². The van der Waals surface area contributed by atoms with Gasteiger partial charge in [0.05, 0.1) is 31.3 Å². The number of carbonyl (C=O) groups excluding carboxylic acids is 1. The highest BCUT2D eigenvalue weighted by atomic mass is 35.5. The van der Waals surface area contributed by atoms with Crippen LogP contribution in [0.5, 0.6) is 0 Å². The summed E-state index contributed by atoms with van der Waals surface area (Å²) in [7, 11) is -3.84. The van der Waals surface area contributed by atoms with E-state index in [1.165, 1.54) is 18.2 Å². The molecule has 3 rings (SSSR count). The van der Waals surface area contributed by atoms with Crippen molar-refractivity contribution in [2.75, 3.05) is 15.4 Å². The van der Waals surface area contributed by atoms with E-state index in [1.54, 1.807) is 49.4 Å². The first-order valence-corrected chi connectivity index (χ1v) is 11.2. The lowest BCUT2D eigenvalue weighted by atomic mass is 10.2. The number of aryl methyl sites for hydroxylation is 1. The van der Waals surface area contributed by atoms with Gasteiger partial charge in [0.15, 0.2) is 0 Å². The largest absolute Gasteiger partial charge is 0.323 e. The highest BCUT2D eigenvalue weighted by Gasteiger charge is 2.17. The standard InChI is InChI=1S/C20H16Cl3N3O3S/c1-12-5-4-6-14(9-12)30(28,29)26-18-8-3-2-7-17(18)25-20(27)24-13-10-15(21)19(23)16(22)11-13/h2-11,26H,1H3,(H2,24,25,27). The summed E-state index contributed by atoms with van der Waals surface area (Å²) in [4.78, 5) is 12.5. The zero-order valence-corrected chi connectivity index (χ0v) is 18.6. The lowest BCUT2D eigenvalue weighted by Crippen LogP contribution is -2.21. The van der Waals surface area contributed by atoms with Gasteiger partial charge in [-0.2, -0.15) is 0 Å². The van der Waals surface area contributed by atoms with E-state index in [9.17, 15) is 13.2 Å². The Morgan fingerprint density at radius 1 is 0.833 bits per heavy atom. The van der Waals surface area contributed by atoms with Crippen molar-refractivity contribution in [3.63, 3.8) is 0 Å². The molecule has 30 heavy (non-hydrogen) atoms. The van der Waals surface area contributed by atoms with Crippen LogP contribution >= 0.6 is 34.8 Å². The molecule has 3 N–H and O–H groups in total. The number of carbonyl (C=O) groups is 1. The third kappa shape index (κ3) is 5.37. The molecule has 2 amide bonds. The minimum atomic E-state index is -3.84. The molecule has 0 spiro atoms. The fourth-order valence-corrected chi connectivity index (χ4v) is 4.36. The highest BCUT2D eigenvalue weighted by Crippen LogP contribution is 2.33. The number of hydrogen-bond donors (Lipinski definition) is 3. The maximum atomic E-state index is 12.7. The first-order valence-electron chi connectivity index (χ1n) is 8.57. The fraction of sp³-hybridized carbons (Fsp3) is 0.0500. The predicted octanol–water partition coefficient (Wildman–Crippen LogP) is 6.40. The van der Waals surface area contributed by atoms with Gasteiger partial charge in [-0.05, 0) is 48.9 Å². The van der Waals surface area contributed by atoms with E-state index in [0.29, 0.717) is 5.69 Å². The summed E-state index contributed by atoms with van der Waals surface area (Å²) < 4.78 is 27.9. The van der Waals surface area contributed by atoms with Gasteiger partial charge in [-0.15, -0.1) is 0 Å². The maximum absolute atomic E-state index is 12.7. The third-order valence-electron chi connectivity index (χ3n) is 3.96. The van der Waals surface area contributed by atoms with Crippen LogP contribution in [0.4, 0.5) is 21.9 Å². The Morgan fingerprint density at radius 3 is 2.10 bits per heavy atom. The molecule has 0 bridgehead atoms. The third-order valence-corrected chi connectivity index (χ3v) is 6.52. The molecule has 0 unspecified atom stereocenters. The Morgan fingerprint density at radius 2 is 1.47 bits per heavy atom. The van der Waals surface area contributed by atoms with Gasteiger partial charge in [0.1, 0.15) is 0 Å². The Kier molecular flexibility index (Phi) is 6.77. The number of urea groups is 1. The number of anilines is 3. The maximum Gasteiger partial charge on any atom is 0.323 e. The summed E-state index contributed by atoms with van der Waals surface area (Å²) >= 11 is 17.8. The van der Waals surface area contributed by atoms with E-state index in [2.05, 4.69) is 15.4 Å². The molecule has 0 aliphatic carbocycles. The summed E-state index contributed by atoms with van der Waals surface area (Å²) in [6, 6.07) is 15.2. The summed E-state index contributed by atoms with van der Waals surface area (Å²) in [6.45, 7) is 1.80. The molecule has 3 aromatic carbocycles. The summed E-state index contributed by atoms with van der Waals surface area (Å²) in [5.41, 5.74) is 1.60. The minimum absolute atomic E-state index is 0.118. The number of sulfonamides is 1. The van der Waals surface area contributed by atoms with Crippen molar-refractivity contribution in [3.8, 4) is 0 Å². The van der Waals surface area contributed by atoms with Gasteiger partial charge in [-0.25, -0.2) is 13.2 Å². The second kappa shape index (κ2) is 9.14. The molecule has 0 fully saturated rings. The van der Waals surface area contributed by atoms with Gasteiger partial charge in [0.2, 0.25) is 0 Å². The molecule has 0 aliphatic rings. The van der Waals surface area contributed by atoms with Crippen LogP contribution in [0.1, 0.15) is 5.56 Å². The van der Waals surface area contributed by atoms with Crippen molar-refractivity contribution in [2.45, 2.75) is 11.8 Å². The first kappa shape index (κ1) is 22.2. The second-order valence-electron chi connectivity index (χ2n) is 6.30. The summed E-state index contributed by atoms with van der Waals surface area (Å²) in [5, 5.41) is 5.73. The molecule has 10 heteroatoms. The molecule has 0 heterocycles. The number of amides is 2. The lowest BCUT2D eigenvalue weighted by molar-refractivity contribution is 0.262. The smallest absolute Gasteiger partial charge is 0.308 e. The van der Waals surface area contributed by atoms with E-state index in [0.717, 1.165) is 5.56 Å². The molecular weight excluding hydrogens is 469 g/mol. The van der Waals surface area contributed by atoms with Gasteiger partial charge in [0, 0.05) is 5.69 Å². The molecule has 156 valence electrons. The van der Waals surface area contributed by atoms with E-state index in [4.69, 9.17) is 34.8 Å². The molecule has 0 aliphatic heterocycles. The van der Waals surface area contributed by atoms with Crippen molar-refractivity contribution >= 4 is 67.9 Å². The number of benzene rings is 3. The van der Waals surface area contributed by atoms with Crippen molar-refractivity contribution < 1.29 is 13.2 Å². The number of rotatable bonds is 5. The minimum Gasteiger partial charge on any atom is -0.308 e. The number of nitrogens with one attached hydrogen (secondary N) is 3. The molecule has 3 aromatic rings. The normalized spacial score (nSPS) is 11.1. The Bertz CT molecular complexity index is 1190. The average molecular weight is 485 g/mol. The van der Waals surface area contributed by atoms with Crippen molar-refractivity contribution in [1.82, 2.24) is 0 Å². The number of para-hydroxylation sites is 2. The van der Waals surface area contributed by atoms with E-state index >= 15 is 0 Å². The zero-order chi connectivity index (χ0) is 21.9. The molecule has 0 atom stereocenters. The predicted molar refractivity (Wildman–Crippen MR) is 123 cm³/mol. The van der Waals surface area contributed by atoms with Crippen LogP contribution in [0.15, 0.2) is 65.6 Å². The summed E-state index contributed by atoms with van der Waals surface area (Å²) in [6.07, 6.45) is 0. The summed E-state index contributed by atoms with van der Waals surface area (Å²) in [5.74, 6) is 0.